The van der Waals surface area contributed by atoms with Crippen molar-refractivity contribution in [2.75, 3.05) is 13.1 Å². The first-order valence-electron chi connectivity index (χ1n) is 11.5. The number of carboxylic acids is 2. The number of primary amides is 1. The second kappa shape index (κ2) is 14.1. The molecule has 14 nitrogen and oxygen atoms in total. The fourth-order valence-corrected chi connectivity index (χ4v) is 3.74. The summed E-state index contributed by atoms with van der Waals surface area (Å²) in [6.07, 6.45) is 0.812. The van der Waals surface area contributed by atoms with Gasteiger partial charge in [0, 0.05) is 19.5 Å². The third-order valence-electron chi connectivity index (χ3n) is 5.66. The number of aliphatic carboxylic acids is 2. The lowest BCUT2D eigenvalue weighted by atomic mass is 10.0. The molecular weight excluding hydrogens is 464 g/mol. The van der Waals surface area contributed by atoms with Crippen LogP contribution >= 0.6 is 0 Å². The van der Waals surface area contributed by atoms with Gasteiger partial charge in [-0.2, -0.15) is 0 Å². The van der Waals surface area contributed by atoms with E-state index < -0.39 is 65.8 Å². The number of carbonyl (C=O) groups is 6. The molecule has 0 aliphatic carbocycles. The minimum atomic E-state index is -1.27. The molecule has 1 aliphatic rings. The van der Waals surface area contributed by atoms with Gasteiger partial charge in [-0.15, -0.1) is 0 Å². The normalized spacial score (nSPS) is 17.8. The Balaban J connectivity index is 2.80. The molecule has 0 radical (unpaired) electrons. The fourth-order valence-electron chi connectivity index (χ4n) is 3.74. The van der Waals surface area contributed by atoms with Gasteiger partial charge in [-0.25, -0.2) is 9.59 Å². The van der Waals surface area contributed by atoms with E-state index in [2.05, 4.69) is 16.0 Å². The summed E-state index contributed by atoms with van der Waals surface area (Å²) in [5.41, 5.74) is 10.8. The van der Waals surface area contributed by atoms with Crippen molar-refractivity contribution in [3.63, 3.8) is 0 Å². The number of carbonyl (C=O) groups excluding carboxylic acids is 4. The summed E-state index contributed by atoms with van der Waals surface area (Å²) in [7, 11) is 0. The van der Waals surface area contributed by atoms with Gasteiger partial charge in [0.05, 0.1) is 6.04 Å². The number of rotatable bonds is 14. The van der Waals surface area contributed by atoms with Crippen LogP contribution in [-0.2, 0) is 24.0 Å². The first kappa shape index (κ1) is 29.6. The molecule has 0 spiro atoms. The molecule has 0 saturated carbocycles. The van der Waals surface area contributed by atoms with Gasteiger partial charge in [-0.1, -0.05) is 13.8 Å². The number of urea groups is 1. The predicted octanol–water partition coefficient (Wildman–Crippen LogP) is -1.67. The molecule has 0 unspecified atom stereocenters. The molecule has 198 valence electrons. The lowest BCUT2D eigenvalue weighted by molar-refractivity contribution is -0.144. The largest absolute Gasteiger partial charge is 0.481 e. The van der Waals surface area contributed by atoms with Gasteiger partial charge in [0.1, 0.15) is 18.1 Å². The van der Waals surface area contributed by atoms with Crippen molar-refractivity contribution in [2.24, 2.45) is 17.4 Å². The monoisotopic (exact) mass is 500 g/mol. The summed E-state index contributed by atoms with van der Waals surface area (Å²) >= 11 is 0. The minimum Gasteiger partial charge on any atom is -0.481 e. The molecule has 1 fully saturated rings. The van der Waals surface area contributed by atoms with E-state index in [0.29, 0.717) is 12.8 Å². The number of amides is 5. The third kappa shape index (κ3) is 9.76. The fraction of sp³-hybridized carbons (Fsp3) is 0.714. The Hall–Kier alpha value is -3.42. The molecule has 0 aromatic carbocycles. The van der Waals surface area contributed by atoms with Crippen LogP contribution in [-0.4, -0.2) is 88.1 Å². The average molecular weight is 501 g/mol. The van der Waals surface area contributed by atoms with Crippen LogP contribution in [0.2, 0.25) is 0 Å². The molecule has 1 rings (SSSR count). The van der Waals surface area contributed by atoms with Gasteiger partial charge in [0.2, 0.25) is 17.7 Å². The summed E-state index contributed by atoms with van der Waals surface area (Å²) in [5, 5.41) is 25.6. The van der Waals surface area contributed by atoms with Crippen LogP contribution in [0.5, 0.6) is 0 Å². The molecule has 0 aromatic heterocycles. The van der Waals surface area contributed by atoms with E-state index in [0.717, 1.165) is 0 Å². The highest BCUT2D eigenvalue weighted by molar-refractivity contribution is 5.94. The Bertz CT molecular complexity index is 805. The highest BCUT2D eigenvalue weighted by Crippen LogP contribution is 2.20. The lowest BCUT2D eigenvalue weighted by Crippen LogP contribution is -2.58. The van der Waals surface area contributed by atoms with Gasteiger partial charge in [0.25, 0.3) is 0 Å². The van der Waals surface area contributed by atoms with Crippen LogP contribution in [0.3, 0.4) is 0 Å². The lowest BCUT2D eigenvalue weighted by Gasteiger charge is -2.29. The molecule has 1 heterocycles. The molecule has 5 amide bonds. The molecule has 0 bridgehead atoms. The van der Waals surface area contributed by atoms with E-state index >= 15 is 0 Å². The number of nitrogens with two attached hydrogens (primary N) is 2. The van der Waals surface area contributed by atoms with Crippen LogP contribution in [0, 0.1) is 5.92 Å². The number of nitrogens with zero attached hydrogens (tertiary/aromatic N) is 1. The standard InChI is InChI=1S/C21H36N6O8/c1-11(2)16(18(31)25-13(20(33)34)5-3-9-24-21(23)35)26-17(30)14-6-4-10-27(14)19(32)12(22)7-8-15(28)29/h11-14,16H,3-10,22H2,1-2H3,(H,25,31)(H,26,30)(H,28,29)(H,33,34)(H3,23,24,35)/t12-,13-,14-,16-/m0/s1. The third-order valence-corrected chi connectivity index (χ3v) is 5.66. The molecule has 0 aromatic rings. The summed E-state index contributed by atoms with van der Waals surface area (Å²) in [6, 6.07) is -4.99. The van der Waals surface area contributed by atoms with Crippen LogP contribution < -0.4 is 27.4 Å². The molecule has 1 saturated heterocycles. The van der Waals surface area contributed by atoms with E-state index in [1.165, 1.54) is 4.90 Å². The summed E-state index contributed by atoms with van der Waals surface area (Å²) < 4.78 is 0. The Morgan fingerprint density at radius 1 is 1.06 bits per heavy atom. The maximum absolute atomic E-state index is 13.0. The zero-order chi connectivity index (χ0) is 26.7. The van der Waals surface area contributed by atoms with Crippen molar-refractivity contribution >= 4 is 35.7 Å². The molecular formula is C21H36N6O8. The Morgan fingerprint density at radius 2 is 1.71 bits per heavy atom. The summed E-state index contributed by atoms with van der Waals surface area (Å²) in [5.74, 6) is -4.56. The van der Waals surface area contributed by atoms with E-state index in [9.17, 15) is 33.9 Å². The smallest absolute Gasteiger partial charge is 0.326 e. The Labute approximate surface area is 203 Å². The van der Waals surface area contributed by atoms with E-state index in [1.54, 1.807) is 13.8 Å². The molecule has 9 N–H and O–H groups in total. The van der Waals surface area contributed by atoms with Crippen LogP contribution in [0.1, 0.15) is 52.4 Å². The molecule has 4 atom stereocenters. The van der Waals surface area contributed by atoms with Crippen molar-refractivity contribution in [3.05, 3.63) is 0 Å². The van der Waals surface area contributed by atoms with Crippen molar-refractivity contribution in [2.45, 2.75) is 76.5 Å². The van der Waals surface area contributed by atoms with Crippen LogP contribution in [0.15, 0.2) is 0 Å². The summed E-state index contributed by atoms with van der Waals surface area (Å²) in [4.78, 5) is 72.8. The zero-order valence-electron chi connectivity index (χ0n) is 20.0. The quantitative estimate of drug-likeness (QED) is 0.135. The second-order valence-corrected chi connectivity index (χ2v) is 8.79. The van der Waals surface area contributed by atoms with Crippen LogP contribution in [0.4, 0.5) is 4.79 Å². The number of hydrogen-bond acceptors (Lipinski definition) is 7. The number of hydrogen-bond donors (Lipinski definition) is 7. The first-order chi connectivity index (χ1) is 16.3. The maximum Gasteiger partial charge on any atom is 0.326 e. The number of likely N-dealkylation sites (tertiary alicyclic amines) is 1. The van der Waals surface area contributed by atoms with Crippen LogP contribution in [0.25, 0.3) is 0 Å². The maximum atomic E-state index is 13.0. The minimum absolute atomic E-state index is 0.0270. The average Bonchev–Trinajstić information content (AvgIpc) is 3.26. The van der Waals surface area contributed by atoms with Crippen molar-refractivity contribution in [1.29, 1.82) is 0 Å². The SMILES string of the molecule is CC(C)[C@H](NC(=O)[C@@H]1CCCN1C(=O)[C@@H](N)CCC(=O)O)C(=O)N[C@@H](CCCNC(N)=O)C(=O)O. The predicted molar refractivity (Wildman–Crippen MR) is 123 cm³/mol. The molecule has 1 aliphatic heterocycles. The van der Waals surface area contributed by atoms with Gasteiger partial charge in [0.15, 0.2) is 0 Å². The number of carboxylic acid groups (broad SMARTS) is 2. The number of nitrogens with one attached hydrogen (secondary N) is 3. The molecule has 35 heavy (non-hydrogen) atoms. The van der Waals surface area contributed by atoms with E-state index in [-0.39, 0.29) is 38.8 Å². The summed E-state index contributed by atoms with van der Waals surface area (Å²) in [6.45, 7) is 3.77. The zero-order valence-corrected chi connectivity index (χ0v) is 20.0. The van der Waals surface area contributed by atoms with Gasteiger partial charge >= 0.3 is 18.0 Å². The Kier molecular flexibility index (Phi) is 11.9. The van der Waals surface area contributed by atoms with Gasteiger partial charge in [-0.3, -0.25) is 19.2 Å². The van der Waals surface area contributed by atoms with E-state index in [1.807, 2.05) is 0 Å². The highest BCUT2D eigenvalue weighted by Gasteiger charge is 2.38. The van der Waals surface area contributed by atoms with Crippen molar-refractivity contribution in [1.82, 2.24) is 20.9 Å². The Morgan fingerprint density at radius 3 is 2.26 bits per heavy atom. The van der Waals surface area contributed by atoms with Gasteiger partial charge < -0.3 is 42.5 Å². The van der Waals surface area contributed by atoms with Crippen molar-refractivity contribution in [3.8, 4) is 0 Å². The molecule has 14 heteroatoms. The van der Waals surface area contributed by atoms with Crippen molar-refractivity contribution < 1.29 is 39.0 Å². The topological polar surface area (TPSA) is 234 Å². The highest BCUT2D eigenvalue weighted by atomic mass is 16.4. The van der Waals surface area contributed by atoms with E-state index in [4.69, 9.17) is 16.6 Å². The second-order valence-electron chi connectivity index (χ2n) is 8.79. The van der Waals surface area contributed by atoms with Gasteiger partial charge in [-0.05, 0) is 38.0 Å². The first-order valence-corrected chi connectivity index (χ1v) is 11.5.